The number of nitrogens with zero attached hydrogens (tertiary/aromatic N) is 4. The highest BCUT2D eigenvalue weighted by Crippen LogP contribution is 2.31. The van der Waals surface area contributed by atoms with Crippen molar-refractivity contribution in [2.75, 3.05) is 33.7 Å². The third-order valence-corrected chi connectivity index (χ3v) is 5.64. The Labute approximate surface area is 163 Å². The zero-order chi connectivity index (χ0) is 19.4. The smallest absolute Gasteiger partial charge is 0.232 e. The number of hydrogen-bond donors (Lipinski definition) is 0. The molecular formula is C22H32N4O. The highest BCUT2D eigenvalue weighted by molar-refractivity contribution is 5.87. The number of benzene rings is 1. The van der Waals surface area contributed by atoms with E-state index in [1.54, 1.807) is 0 Å². The van der Waals surface area contributed by atoms with E-state index in [2.05, 4.69) is 34.7 Å². The van der Waals surface area contributed by atoms with Gasteiger partial charge in [-0.1, -0.05) is 30.3 Å². The van der Waals surface area contributed by atoms with Crippen LogP contribution in [0.3, 0.4) is 0 Å². The van der Waals surface area contributed by atoms with Crippen molar-refractivity contribution in [1.29, 1.82) is 0 Å². The molecule has 1 atom stereocenters. The van der Waals surface area contributed by atoms with Gasteiger partial charge in [0, 0.05) is 44.5 Å². The summed E-state index contributed by atoms with van der Waals surface area (Å²) in [5.74, 6) is 1.64. The number of rotatable bonds is 6. The number of likely N-dealkylation sites (tertiary alicyclic amines) is 1. The third-order valence-electron chi connectivity index (χ3n) is 5.64. The number of hydrogen-bond acceptors (Lipinski definition) is 3. The quantitative estimate of drug-likeness (QED) is 0.787. The van der Waals surface area contributed by atoms with Crippen molar-refractivity contribution in [2.24, 2.45) is 0 Å². The maximum atomic E-state index is 13.3. The second-order valence-corrected chi connectivity index (χ2v) is 8.36. The normalized spacial score (nSPS) is 18.1. The van der Waals surface area contributed by atoms with E-state index in [0.29, 0.717) is 5.92 Å². The molecule has 1 fully saturated rings. The molecule has 1 aliphatic heterocycles. The van der Waals surface area contributed by atoms with E-state index in [4.69, 9.17) is 0 Å². The number of amides is 1. The van der Waals surface area contributed by atoms with Gasteiger partial charge in [-0.2, -0.15) is 0 Å². The molecule has 0 aliphatic carbocycles. The van der Waals surface area contributed by atoms with E-state index >= 15 is 0 Å². The van der Waals surface area contributed by atoms with Crippen LogP contribution in [-0.4, -0.2) is 59.0 Å². The SMILES string of the molecule is CN(C)CCn1ccnc1[C@@H]1CCCN(C(=O)C(C)(C)c2ccccc2)C1. The van der Waals surface area contributed by atoms with E-state index in [0.717, 1.165) is 50.4 Å². The molecular weight excluding hydrogens is 336 g/mol. The van der Waals surface area contributed by atoms with Gasteiger partial charge < -0.3 is 14.4 Å². The largest absolute Gasteiger partial charge is 0.341 e. The Morgan fingerprint density at radius 1 is 1.26 bits per heavy atom. The first-order valence-electron chi connectivity index (χ1n) is 9.90. The summed E-state index contributed by atoms with van der Waals surface area (Å²) in [6.45, 7) is 7.58. The van der Waals surface area contributed by atoms with Gasteiger partial charge in [0.25, 0.3) is 0 Å². The zero-order valence-corrected chi connectivity index (χ0v) is 17.1. The zero-order valence-electron chi connectivity index (χ0n) is 17.1. The Hall–Kier alpha value is -2.14. The Morgan fingerprint density at radius 2 is 2.00 bits per heavy atom. The van der Waals surface area contributed by atoms with Crippen LogP contribution in [-0.2, 0) is 16.8 Å². The highest BCUT2D eigenvalue weighted by atomic mass is 16.2. The first-order chi connectivity index (χ1) is 12.9. The summed E-state index contributed by atoms with van der Waals surface area (Å²) in [4.78, 5) is 22.2. The van der Waals surface area contributed by atoms with Crippen molar-refractivity contribution in [2.45, 2.75) is 44.6 Å². The molecule has 1 aromatic carbocycles. The van der Waals surface area contributed by atoms with Gasteiger partial charge >= 0.3 is 0 Å². The molecule has 5 nitrogen and oxygen atoms in total. The summed E-state index contributed by atoms with van der Waals surface area (Å²) in [7, 11) is 4.17. The Morgan fingerprint density at radius 3 is 2.70 bits per heavy atom. The minimum absolute atomic E-state index is 0.213. The van der Waals surface area contributed by atoms with Crippen molar-refractivity contribution in [3.05, 3.63) is 54.1 Å². The number of piperidine rings is 1. The van der Waals surface area contributed by atoms with Crippen molar-refractivity contribution in [3.63, 3.8) is 0 Å². The molecule has 1 saturated heterocycles. The van der Waals surface area contributed by atoms with Crippen molar-refractivity contribution < 1.29 is 4.79 Å². The van der Waals surface area contributed by atoms with E-state index in [-0.39, 0.29) is 5.91 Å². The molecule has 146 valence electrons. The number of carbonyl (C=O) groups excluding carboxylic acids is 1. The van der Waals surface area contributed by atoms with Gasteiger partial charge in [-0.25, -0.2) is 4.98 Å². The minimum atomic E-state index is -0.510. The van der Waals surface area contributed by atoms with Crippen LogP contribution < -0.4 is 0 Å². The van der Waals surface area contributed by atoms with Crippen LogP contribution in [0.15, 0.2) is 42.7 Å². The number of carbonyl (C=O) groups is 1. The highest BCUT2D eigenvalue weighted by Gasteiger charge is 2.36. The summed E-state index contributed by atoms with van der Waals surface area (Å²) in [5, 5.41) is 0. The second kappa shape index (κ2) is 8.26. The lowest BCUT2D eigenvalue weighted by Crippen LogP contribution is -2.47. The van der Waals surface area contributed by atoms with Gasteiger partial charge in [0.2, 0.25) is 5.91 Å². The lowest BCUT2D eigenvalue weighted by Gasteiger charge is -2.37. The van der Waals surface area contributed by atoms with Gasteiger partial charge in [0.05, 0.1) is 5.41 Å². The fourth-order valence-corrected chi connectivity index (χ4v) is 3.92. The molecule has 1 aromatic heterocycles. The molecule has 3 rings (SSSR count). The van der Waals surface area contributed by atoms with Gasteiger partial charge in [-0.15, -0.1) is 0 Å². The van der Waals surface area contributed by atoms with Crippen molar-refractivity contribution in [1.82, 2.24) is 19.4 Å². The molecule has 0 spiro atoms. The van der Waals surface area contributed by atoms with Crippen LogP contribution in [0.4, 0.5) is 0 Å². The van der Waals surface area contributed by atoms with Crippen molar-refractivity contribution >= 4 is 5.91 Å². The van der Waals surface area contributed by atoms with E-state index in [9.17, 15) is 4.79 Å². The molecule has 0 saturated carbocycles. The predicted octanol–water partition coefficient (Wildman–Crippen LogP) is 3.13. The second-order valence-electron chi connectivity index (χ2n) is 8.36. The molecule has 0 radical (unpaired) electrons. The summed E-state index contributed by atoms with van der Waals surface area (Å²) in [6, 6.07) is 10.1. The predicted molar refractivity (Wildman–Crippen MR) is 109 cm³/mol. The maximum absolute atomic E-state index is 13.3. The van der Waals surface area contributed by atoms with Crippen LogP contribution >= 0.6 is 0 Å². The van der Waals surface area contributed by atoms with Crippen LogP contribution in [0.1, 0.15) is 44.0 Å². The molecule has 1 aliphatic rings. The van der Waals surface area contributed by atoms with E-state index < -0.39 is 5.41 Å². The molecule has 0 N–H and O–H groups in total. The van der Waals surface area contributed by atoms with Gasteiger partial charge in [-0.05, 0) is 46.3 Å². The van der Waals surface area contributed by atoms with Gasteiger partial charge in [0.1, 0.15) is 5.82 Å². The van der Waals surface area contributed by atoms with E-state index in [1.807, 2.05) is 55.3 Å². The average Bonchev–Trinajstić information content (AvgIpc) is 3.15. The van der Waals surface area contributed by atoms with E-state index in [1.165, 1.54) is 0 Å². The fraction of sp³-hybridized carbons (Fsp3) is 0.545. The third kappa shape index (κ3) is 4.41. The first kappa shape index (κ1) is 19.6. The molecule has 1 amide bonds. The number of imidazole rings is 1. The lowest BCUT2D eigenvalue weighted by molar-refractivity contribution is -0.137. The van der Waals surface area contributed by atoms with Gasteiger partial charge in [0.15, 0.2) is 0 Å². The maximum Gasteiger partial charge on any atom is 0.232 e. The Kier molecular flexibility index (Phi) is 6.00. The summed E-state index contributed by atoms with van der Waals surface area (Å²) in [5.41, 5.74) is 0.563. The number of aromatic nitrogens is 2. The summed E-state index contributed by atoms with van der Waals surface area (Å²) < 4.78 is 2.25. The minimum Gasteiger partial charge on any atom is -0.341 e. The first-order valence-corrected chi connectivity index (χ1v) is 9.90. The summed E-state index contributed by atoms with van der Waals surface area (Å²) in [6.07, 6.45) is 6.07. The molecule has 0 bridgehead atoms. The molecule has 2 aromatic rings. The van der Waals surface area contributed by atoms with Gasteiger partial charge in [-0.3, -0.25) is 4.79 Å². The topological polar surface area (TPSA) is 41.4 Å². The molecule has 0 unspecified atom stereocenters. The van der Waals surface area contributed by atoms with Crippen LogP contribution in [0.5, 0.6) is 0 Å². The fourth-order valence-electron chi connectivity index (χ4n) is 3.92. The lowest BCUT2D eigenvalue weighted by atomic mass is 9.82. The molecule has 27 heavy (non-hydrogen) atoms. The molecule has 5 heteroatoms. The Bertz CT molecular complexity index is 751. The Balaban J connectivity index is 1.73. The standard InChI is InChI=1S/C22H32N4O/c1-22(2,19-10-6-5-7-11-19)21(27)26-13-8-9-18(17-26)20-23-12-14-25(20)16-15-24(3)4/h5-7,10-12,14,18H,8-9,13,15-17H2,1-4H3/t18-/m1/s1. The summed E-state index contributed by atoms with van der Waals surface area (Å²) >= 11 is 0. The van der Waals surface area contributed by atoms with Crippen LogP contribution in [0.2, 0.25) is 0 Å². The van der Waals surface area contributed by atoms with Crippen LogP contribution in [0, 0.1) is 0 Å². The average molecular weight is 369 g/mol. The monoisotopic (exact) mass is 368 g/mol. The number of likely N-dealkylation sites (N-methyl/N-ethyl adjacent to an activating group) is 1. The molecule has 2 heterocycles. The van der Waals surface area contributed by atoms with Crippen molar-refractivity contribution in [3.8, 4) is 0 Å². The van der Waals surface area contributed by atoms with Crippen LogP contribution in [0.25, 0.3) is 0 Å².